The van der Waals surface area contributed by atoms with E-state index >= 15 is 0 Å². The van der Waals surface area contributed by atoms with Crippen molar-refractivity contribution in [1.29, 1.82) is 0 Å². The first kappa shape index (κ1) is 13.9. The molecule has 1 aromatic rings. The number of hydrogen-bond acceptors (Lipinski definition) is 2. The average Bonchev–Trinajstić information content (AvgIpc) is 2.97. The van der Waals surface area contributed by atoms with E-state index in [4.69, 9.17) is 11.6 Å². The van der Waals surface area contributed by atoms with Crippen LogP contribution in [0.15, 0.2) is 24.3 Å². The molecule has 2 fully saturated rings. The molecule has 2 unspecified atom stereocenters. The van der Waals surface area contributed by atoms with Crippen LogP contribution in [0.5, 0.6) is 0 Å². The Hall–Kier alpha value is -1.06. The summed E-state index contributed by atoms with van der Waals surface area (Å²) in [6.07, 6.45) is 4.20. The summed E-state index contributed by atoms with van der Waals surface area (Å²) in [6.45, 7) is 2.73. The molecule has 0 radical (unpaired) electrons. The first-order valence-electron chi connectivity index (χ1n) is 7.53. The van der Waals surface area contributed by atoms with E-state index < -0.39 is 0 Å². The maximum Gasteiger partial charge on any atom is 0.227 e. The topological polar surface area (TPSA) is 32.3 Å². The summed E-state index contributed by atoms with van der Waals surface area (Å²) >= 11 is 6.31. The van der Waals surface area contributed by atoms with Gasteiger partial charge in [0.25, 0.3) is 0 Å². The van der Waals surface area contributed by atoms with Crippen molar-refractivity contribution >= 4 is 17.5 Å². The summed E-state index contributed by atoms with van der Waals surface area (Å²) in [7, 11) is 0. The lowest BCUT2D eigenvalue weighted by atomic mass is 9.96. The second-order valence-corrected chi connectivity index (χ2v) is 6.16. The van der Waals surface area contributed by atoms with E-state index in [1.54, 1.807) is 0 Å². The third-order valence-corrected chi connectivity index (χ3v) is 4.79. The fourth-order valence-electron chi connectivity index (χ4n) is 3.40. The molecular weight excluding hydrogens is 272 g/mol. The maximum atomic E-state index is 12.7. The highest BCUT2D eigenvalue weighted by molar-refractivity contribution is 6.31. The first-order chi connectivity index (χ1) is 9.77. The predicted molar refractivity (Wildman–Crippen MR) is 80.7 cm³/mol. The van der Waals surface area contributed by atoms with E-state index in [1.807, 2.05) is 18.2 Å². The zero-order chi connectivity index (χ0) is 13.9. The Morgan fingerprint density at radius 1 is 1.25 bits per heavy atom. The minimum absolute atomic E-state index is 0.145. The third-order valence-electron chi connectivity index (χ3n) is 4.45. The van der Waals surface area contributed by atoms with Crippen LogP contribution in [-0.2, 0) is 4.79 Å². The van der Waals surface area contributed by atoms with Crippen LogP contribution in [0.4, 0.5) is 0 Å². The number of nitrogens with one attached hydrogen (secondary N) is 1. The molecule has 1 aromatic carbocycles. The molecule has 3 rings (SSSR count). The van der Waals surface area contributed by atoms with Gasteiger partial charge in [-0.15, -0.1) is 0 Å². The molecule has 2 aliphatic heterocycles. The minimum Gasteiger partial charge on any atom is -0.335 e. The molecule has 1 amide bonds. The lowest BCUT2D eigenvalue weighted by molar-refractivity contribution is -0.137. The number of benzene rings is 1. The Morgan fingerprint density at radius 3 is 2.85 bits per heavy atom. The Morgan fingerprint density at radius 2 is 2.10 bits per heavy atom. The molecule has 0 saturated carbocycles. The van der Waals surface area contributed by atoms with Gasteiger partial charge in [-0.25, -0.2) is 0 Å². The van der Waals surface area contributed by atoms with E-state index in [1.165, 1.54) is 0 Å². The zero-order valence-corrected chi connectivity index (χ0v) is 12.4. The van der Waals surface area contributed by atoms with Gasteiger partial charge in [-0.1, -0.05) is 29.8 Å². The predicted octanol–water partition coefficient (Wildman–Crippen LogP) is 3.00. The van der Waals surface area contributed by atoms with E-state index in [2.05, 4.69) is 16.3 Å². The summed E-state index contributed by atoms with van der Waals surface area (Å²) in [5.41, 5.74) is 1.10. The molecule has 4 heteroatoms. The number of carbonyl (C=O) groups is 1. The summed E-state index contributed by atoms with van der Waals surface area (Å²) in [6, 6.07) is 8.08. The monoisotopic (exact) mass is 292 g/mol. The average molecular weight is 293 g/mol. The third kappa shape index (κ3) is 2.70. The van der Waals surface area contributed by atoms with Crippen molar-refractivity contribution in [2.75, 3.05) is 19.6 Å². The van der Waals surface area contributed by atoms with Crippen LogP contribution in [0, 0.1) is 5.92 Å². The van der Waals surface area contributed by atoms with E-state index in [0.717, 1.165) is 55.9 Å². The number of hydrogen-bond donors (Lipinski definition) is 1. The van der Waals surface area contributed by atoms with E-state index in [0.29, 0.717) is 5.91 Å². The SMILES string of the molecule is O=C(C1CCCNC1)N1CCCC1c1ccccc1Cl. The van der Waals surface area contributed by atoms with Crippen LogP contribution in [0.25, 0.3) is 0 Å². The molecule has 108 valence electrons. The van der Waals surface area contributed by atoms with Crippen molar-refractivity contribution in [1.82, 2.24) is 10.2 Å². The van der Waals surface area contributed by atoms with Crippen molar-refractivity contribution in [3.63, 3.8) is 0 Å². The molecule has 1 N–H and O–H groups in total. The second-order valence-electron chi connectivity index (χ2n) is 5.75. The summed E-state index contributed by atoms with van der Waals surface area (Å²) in [5.74, 6) is 0.450. The van der Waals surface area contributed by atoms with Gasteiger partial charge in [0.1, 0.15) is 0 Å². The van der Waals surface area contributed by atoms with Crippen LogP contribution < -0.4 is 5.32 Å². The number of piperidine rings is 1. The van der Waals surface area contributed by atoms with Crippen molar-refractivity contribution in [2.24, 2.45) is 5.92 Å². The van der Waals surface area contributed by atoms with Gasteiger partial charge in [0.15, 0.2) is 0 Å². The molecule has 20 heavy (non-hydrogen) atoms. The molecule has 0 aliphatic carbocycles. The molecule has 3 nitrogen and oxygen atoms in total. The maximum absolute atomic E-state index is 12.7. The quantitative estimate of drug-likeness (QED) is 0.909. The van der Waals surface area contributed by atoms with Crippen LogP contribution in [0.1, 0.15) is 37.3 Å². The number of likely N-dealkylation sites (tertiary alicyclic amines) is 1. The molecular formula is C16H21ClN2O. The highest BCUT2D eigenvalue weighted by Gasteiger charge is 2.34. The summed E-state index contributed by atoms with van der Waals surface area (Å²) in [5, 5.41) is 4.11. The first-order valence-corrected chi connectivity index (χ1v) is 7.91. The van der Waals surface area contributed by atoms with E-state index in [-0.39, 0.29) is 12.0 Å². The van der Waals surface area contributed by atoms with Gasteiger partial charge in [0.2, 0.25) is 5.91 Å². The Kier molecular flexibility index (Phi) is 4.27. The van der Waals surface area contributed by atoms with Gasteiger partial charge in [-0.2, -0.15) is 0 Å². The molecule has 2 saturated heterocycles. The highest BCUT2D eigenvalue weighted by Crippen LogP contribution is 2.36. The smallest absolute Gasteiger partial charge is 0.227 e. The van der Waals surface area contributed by atoms with Gasteiger partial charge in [0.05, 0.1) is 12.0 Å². The Labute approximate surface area is 125 Å². The van der Waals surface area contributed by atoms with E-state index in [9.17, 15) is 4.79 Å². The largest absolute Gasteiger partial charge is 0.335 e. The second kappa shape index (κ2) is 6.15. The number of nitrogens with zero attached hydrogens (tertiary/aromatic N) is 1. The normalized spacial score (nSPS) is 26.8. The molecule has 2 heterocycles. The Balaban J connectivity index is 1.78. The van der Waals surface area contributed by atoms with Crippen molar-refractivity contribution in [2.45, 2.75) is 31.7 Å². The summed E-state index contributed by atoms with van der Waals surface area (Å²) in [4.78, 5) is 14.8. The molecule has 0 spiro atoms. The Bertz CT molecular complexity index is 485. The number of rotatable bonds is 2. The fourth-order valence-corrected chi connectivity index (χ4v) is 3.66. The van der Waals surface area contributed by atoms with Crippen molar-refractivity contribution in [3.8, 4) is 0 Å². The highest BCUT2D eigenvalue weighted by atomic mass is 35.5. The molecule has 0 bridgehead atoms. The van der Waals surface area contributed by atoms with Crippen LogP contribution in [-0.4, -0.2) is 30.4 Å². The van der Waals surface area contributed by atoms with Crippen LogP contribution in [0.3, 0.4) is 0 Å². The number of amides is 1. The van der Waals surface area contributed by atoms with Gasteiger partial charge in [0, 0.05) is 18.1 Å². The molecule has 2 aliphatic rings. The van der Waals surface area contributed by atoms with Gasteiger partial charge in [-0.3, -0.25) is 4.79 Å². The lowest BCUT2D eigenvalue weighted by Crippen LogP contribution is -2.42. The fraction of sp³-hybridized carbons (Fsp3) is 0.562. The standard InChI is InChI=1S/C16H21ClN2O/c17-14-7-2-1-6-13(14)15-8-4-10-19(15)16(20)12-5-3-9-18-11-12/h1-2,6-7,12,15,18H,3-5,8-11H2. The summed E-state index contributed by atoms with van der Waals surface area (Å²) < 4.78 is 0. The van der Waals surface area contributed by atoms with Gasteiger partial charge in [-0.05, 0) is 43.9 Å². The van der Waals surface area contributed by atoms with Gasteiger partial charge >= 0.3 is 0 Å². The van der Waals surface area contributed by atoms with Crippen molar-refractivity contribution in [3.05, 3.63) is 34.9 Å². The molecule has 0 aromatic heterocycles. The number of carbonyl (C=O) groups excluding carboxylic acids is 1. The van der Waals surface area contributed by atoms with Gasteiger partial charge < -0.3 is 10.2 Å². The number of halogens is 1. The van der Waals surface area contributed by atoms with Crippen LogP contribution >= 0.6 is 11.6 Å². The molecule has 2 atom stereocenters. The van der Waals surface area contributed by atoms with Crippen molar-refractivity contribution < 1.29 is 4.79 Å². The minimum atomic E-state index is 0.145. The lowest BCUT2D eigenvalue weighted by Gasteiger charge is -2.31. The van der Waals surface area contributed by atoms with Crippen LogP contribution in [0.2, 0.25) is 5.02 Å². The zero-order valence-electron chi connectivity index (χ0n) is 11.6.